The van der Waals surface area contributed by atoms with E-state index in [2.05, 4.69) is 0 Å². The second-order valence-electron chi connectivity index (χ2n) is 5.03. The largest absolute Gasteiger partial charge is 0.338 e. The summed E-state index contributed by atoms with van der Waals surface area (Å²) in [6.45, 7) is 0.323. The van der Waals surface area contributed by atoms with Crippen LogP contribution in [0.3, 0.4) is 0 Å². The van der Waals surface area contributed by atoms with E-state index in [1.54, 1.807) is 0 Å². The number of hydroxylamine groups is 2. The van der Waals surface area contributed by atoms with Crippen molar-refractivity contribution < 1.29 is 28.8 Å². The fourth-order valence-corrected chi connectivity index (χ4v) is 1.96. The minimum atomic E-state index is -0.540. The van der Waals surface area contributed by atoms with Crippen molar-refractivity contribution in [2.45, 2.75) is 38.5 Å². The first kappa shape index (κ1) is 18.5. The van der Waals surface area contributed by atoms with Crippen LogP contribution in [-0.4, -0.2) is 53.5 Å². The van der Waals surface area contributed by atoms with Crippen LogP contribution in [0.4, 0.5) is 0 Å². The topological polar surface area (TPSA) is 101 Å². The third kappa shape index (κ3) is 6.41. The van der Waals surface area contributed by atoms with Crippen LogP contribution >= 0.6 is 0 Å². The number of carbonyl (C=O) groups excluding carboxylic acids is 5. The Labute approximate surface area is 134 Å². The molecular formula is C15H20N2O6. The number of aldehydes is 1. The van der Waals surface area contributed by atoms with Crippen molar-refractivity contribution >= 4 is 30.0 Å². The van der Waals surface area contributed by atoms with E-state index in [1.165, 1.54) is 19.2 Å². The molecule has 0 atom stereocenters. The molecule has 0 aromatic rings. The van der Waals surface area contributed by atoms with Crippen LogP contribution in [0.25, 0.3) is 0 Å². The Balaban J connectivity index is 2.12. The highest BCUT2D eigenvalue weighted by molar-refractivity contribution is 6.12. The van der Waals surface area contributed by atoms with Gasteiger partial charge in [-0.25, -0.2) is 4.79 Å². The van der Waals surface area contributed by atoms with Gasteiger partial charge in [0, 0.05) is 45.0 Å². The minimum absolute atomic E-state index is 0.000786. The fraction of sp³-hybridized carbons (Fsp3) is 0.533. The molecule has 0 fully saturated rings. The predicted molar refractivity (Wildman–Crippen MR) is 78.5 cm³/mol. The first-order valence-corrected chi connectivity index (χ1v) is 7.40. The SMILES string of the molecule is CN(OC(=O)CCCCCN1C(=O)C=CC1=O)C(=O)CCC=O. The molecule has 3 amide bonds. The molecule has 0 aromatic heterocycles. The molecule has 0 saturated heterocycles. The summed E-state index contributed by atoms with van der Waals surface area (Å²) in [7, 11) is 1.32. The second-order valence-corrected chi connectivity index (χ2v) is 5.03. The molecule has 126 valence electrons. The summed E-state index contributed by atoms with van der Waals surface area (Å²) < 4.78 is 0. The second kappa shape index (κ2) is 9.50. The number of imide groups is 1. The maximum Gasteiger partial charge on any atom is 0.332 e. The highest BCUT2D eigenvalue weighted by atomic mass is 16.7. The Morgan fingerprint density at radius 1 is 1.13 bits per heavy atom. The first-order valence-electron chi connectivity index (χ1n) is 7.40. The van der Waals surface area contributed by atoms with Crippen LogP contribution in [0.1, 0.15) is 38.5 Å². The number of unbranched alkanes of at least 4 members (excludes halogenated alkanes) is 2. The van der Waals surface area contributed by atoms with Crippen LogP contribution < -0.4 is 0 Å². The molecule has 0 radical (unpaired) electrons. The van der Waals surface area contributed by atoms with Crippen LogP contribution in [0.2, 0.25) is 0 Å². The van der Waals surface area contributed by atoms with E-state index in [1.807, 2.05) is 0 Å². The smallest absolute Gasteiger partial charge is 0.332 e. The molecule has 0 saturated carbocycles. The Hall–Kier alpha value is -2.51. The molecule has 1 aliphatic rings. The van der Waals surface area contributed by atoms with E-state index in [0.717, 1.165) is 9.96 Å². The summed E-state index contributed by atoms with van der Waals surface area (Å²) in [5.41, 5.74) is 0. The van der Waals surface area contributed by atoms with Crippen LogP contribution in [0.5, 0.6) is 0 Å². The molecule has 0 spiro atoms. The van der Waals surface area contributed by atoms with Crippen molar-refractivity contribution in [1.29, 1.82) is 0 Å². The maximum absolute atomic E-state index is 11.5. The average Bonchev–Trinajstić information content (AvgIpc) is 2.83. The molecule has 0 aliphatic carbocycles. The molecular weight excluding hydrogens is 304 g/mol. The maximum atomic E-state index is 11.5. The normalized spacial score (nSPS) is 13.3. The number of nitrogens with zero attached hydrogens (tertiary/aromatic N) is 2. The van der Waals surface area contributed by atoms with E-state index in [0.29, 0.717) is 32.1 Å². The summed E-state index contributed by atoms with van der Waals surface area (Å²) in [5, 5.41) is 0.832. The van der Waals surface area contributed by atoms with Crippen molar-refractivity contribution in [3.63, 3.8) is 0 Å². The van der Waals surface area contributed by atoms with Gasteiger partial charge in [-0.2, -0.15) is 5.06 Å². The molecule has 1 rings (SSSR count). The molecule has 0 unspecified atom stereocenters. The van der Waals surface area contributed by atoms with Gasteiger partial charge in [0.05, 0.1) is 0 Å². The Bertz CT molecular complexity index is 496. The van der Waals surface area contributed by atoms with Gasteiger partial charge < -0.3 is 9.63 Å². The van der Waals surface area contributed by atoms with Crippen molar-refractivity contribution in [3.05, 3.63) is 12.2 Å². The van der Waals surface area contributed by atoms with E-state index in [-0.39, 0.29) is 31.1 Å². The van der Waals surface area contributed by atoms with Crippen LogP contribution in [0.15, 0.2) is 12.2 Å². The third-order valence-corrected chi connectivity index (χ3v) is 3.23. The summed E-state index contributed by atoms with van der Waals surface area (Å²) in [6, 6.07) is 0. The number of rotatable bonds is 9. The highest BCUT2D eigenvalue weighted by Crippen LogP contribution is 2.08. The minimum Gasteiger partial charge on any atom is -0.338 e. The highest BCUT2D eigenvalue weighted by Gasteiger charge is 2.22. The van der Waals surface area contributed by atoms with Crippen LogP contribution in [0, 0.1) is 0 Å². The van der Waals surface area contributed by atoms with Crippen LogP contribution in [-0.2, 0) is 28.8 Å². The molecule has 0 N–H and O–H groups in total. The lowest BCUT2D eigenvalue weighted by molar-refractivity contribution is -0.192. The Morgan fingerprint density at radius 2 is 1.78 bits per heavy atom. The lowest BCUT2D eigenvalue weighted by atomic mass is 10.2. The van der Waals surface area contributed by atoms with Gasteiger partial charge in [0.2, 0.25) is 0 Å². The average molecular weight is 324 g/mol. The lowest BCUT2D eigenvalue weighted by Crippen LogP contribution is -2.31. The zero-order chi connectivity index (χ0) is 17.2. The molecule has 23 heavy (non-hydrogen) atoms. The first-order chi connectivity index (χ1) is 11.0. The van der Waals surface area contributed by atoms with Gasteiger partial charge in [0.25, 0.3) is 17.7 Å². The molecule has 1 heterocycles. The third-order valence-electron chi connectivity index (χ3n) is 3.23. The molecule has 8 nitrogen and oxygen atoms in total. The molecule has 1 aliphatic heterocycles. The molecule has 8 heteroatoms. The zero-order valence-corrected chi connectivity index (χ0v) is 13.0. The lowest BCUT2D eigenvalue weighted by Gasteiger charge is -2.16. The van der Waals surface area contributed by atoms with E-state index in [9.17, 15) is 24.0 Å². The van der Waals surface area contributed by atoms with E-state index in [4.69, 9.17) is 4.84 Å². The van der Waals surface area contributed by atoms with Gasteiger partial charge >= 0.3 is 5.97 Å². The van der Waals surface area contributed by atoms with Crippen molar-refractivity contribution in [1.82, 2.24) is 9.96 Å². The van der Waals surface area contributed by atoms with Crippen molar-refractivity contribution in [2.24, 2.45) is 0 Å². The number of hydrogen-bond donors (Lipinski definition) is 0. The number of hydrogen-bond acceptors (Lipinski definition) is 6. The summed E-state index contributed by atoms with van der Waals surface area (Å²) >= 11 is 0. The van der Waals surface area contributed by atoms with Gasteiger partial charge in [0.15, 0.2) is 0 Å². The van der Waals surface area contributed by atoms with E-state index < -0.39 is 11.9 Å². The molecule has 0 bridgehead atoms. The monoisotopic (exact) mass is 324 g/mol. The summed E-state index contributed by atoms with van der Waals surface area (Å²) in [5.74, 6) is -1.61. The van der Waals surface area contributed by atoms with Crippen molar-refractivity contribution in [3.8, 4) is 0 Å². The fourth-order valence-electron chi connectivity index (χ4n) is 1.96. The Kier molecular flexibility index (Phi) is 7.65. The summed E-state index contributed by atoms with van der Waals surface area (Å²) in [4.78, 5) is 61.7. The Morgan fingerprint density at radius 3 is 2.39 bits per heavy atom. The zero-order valence-electron chi connectivity index (χ0n) is 13.0. The number of amides is 3. The van der Waals surface area contributed by atoms with Gasteiger partial charge in [-0.3, -0.25) is 19.3 Å². The van der Waals surface area contributed by atoms with Crippen molar-refractivity contribution in [2.75, 3.05) is 13.6 Å². The van der Waals surface area contributed by atoms with Gasteiger partial charge in [-0.05, 0) is 12.8 Å². The van der Waals surface area contributed by atoms with Gasteiger partial charge in [-0.15, -0.1) is 0 Å². The van der Waals surface area contributed by atoms with Gasteiger partial charge in [0.1, 0.15) is 6.29 Å². The standard InChI is InChI=1S/C15H20N2O6/c1-16(12(19)6-5-11-18)23-15(22)7-3-2-4-10-17-13(20)8-9-14(17)21/h8-9,11H,2-7,10H2,1H3. The number of carbonyl (C=O) groups is 5. The summed E-state index contributed by atoms with van der Waals surface area (Å²) in [6.07, 6.45) is 5.08. The van der Waals surface area contributed by atoms with Gasteiger partial charge in [-0.1, -0.05) is 6.42 Å². The van der Waals surface area contributed by atoms with E-state index >= 15 is 0 Å². The predicted octanol–water partition coefficient (Wildman–Crippen LogP) is 0.367. The quantitative estimate of drug-likeness (QED) is 0.263. The molecule has 0 aromatic carbocycles.